The minimum absolute atomic E-state index is 0.0209. The Balaban J connectivity index is 2.62. The summed E-state index contributed by atoms with van der Waals surface area (Å²) in [5.74, 6) is -0.320. The molecule has 0 aliphatic heterocycles. The van der Waals surface area contributed by atoms with Crippen LogP contribution in [-0.4, -0.2) is 23.2 Å². The first-order valence-corrected chi connectivity index (χ1v) is 6.32. The van der Waals surface area contributed by atoms with Crippen LogP contribution >= 0.6 is 0 Å². The topological polar surface area (TPSA) is 49.3 Å². The number of benzene rings is 1. The molecule has 0 fully saturated rings. The third-order valence-electron chi connectivity index (χ3n) is 2.68. The van der Waals surface area contributed by atoms with Crippen molar-refractivity contribution < 1.29 is 23.1 Å². The van der Waals surface area contributed by atoms with Crippen LogP contribution in [0.5, 0.6) is 0 Å². The number of rotatable bonds is 5. The molecule has 6 heteroatoms. The molecule has 0 aliphatic rings. The van der Waals surface area contributed by atoms with Gasteiger partial charge in [0.25, 0.3) is 0 Å². The second-order valence-electron chi connectivity index (χ2n) is 4.92. The number of aliphatic hydroxyl groups excluding tert-OH is 1. The smallest absolute Gasteiger partial charge is 0.393 e. The van der Waals surface area contributed by atoms with Crippen molar-refractivity contribution >= 4 is 5.91 Å². The summed E-state index contributed by atoms with van der Waals surface area (Å²) >= 11 is 0. The summed E-state index contributed by atoms with van der Waals surface area (Å²) in [6.07, 6.45) is -4.83. The zero-order chi connectivity index (χ0) is 15.3. The van der Waals surface area contributed by atoms with E-state index in [1.54, 1.807) is 13.0 Å². The van der Waals surface area contributed by atoms with Crippen molar-refractivity contribution in [1.82, 2.24) is 5.32 Å². The number of alkyl halides is 3. The number of hydrogen-bond donors (Lipinski definition) is 2. The summed E-state index contributed by atoms with van der Waals surface area (Å²) in [5, 5.41) is 11.7. The molecule has 0 saturated carbocycles. The maximum absolute atomic E-state index is 12.6. The summed E-state index contributed by atoms with van der Waals surface area (Å²) in [7, 11) is 0. The highest BCUT2D eigenvalue weighted by Gasteiger charge is 2.30. The molecular weight excluding hydrogens is 271 g/mol. The number of nitrogens with one attached hydrogen (secondary N) is 1. The summed E-state index contributed by atoms with van der Waals surface area (Å²) in [6, 6.07) is 4.73. The average Bonchev–Trinajstić information content (AvgIpc) is 2.26. The largest absolute Gasteiger partial charge is 0.416 e. The molecule has 0 radical (unpaired) electrons. The summed E-state index contributed by atoms with van der Waals surface area (Å²) < 4.78 is 37.7. The molecule has 2 N–H and O–H groups in total. The van der Waals surface area contributed by atoms with E-state index in [4.69, 9.17) is 5.11 Å². The standard InChI is InChI=1S/C14H18F3NO2/c1-9(18-13(20)7-10(2)19)6-11-4-3-5-12(8-11)14(15,16)17/h3-5,8-10,19H,6-7H2,1-2H3,(H,18,20). The Morgan fingerprint density at radius 1 is 1.35 bits per heavy atom. The van der Waals surface area contributed by atoms with Gasteiger partial charge < -0.3 is 10.4 Å². The van der Waals surface area contributed by atoms with Crippen LogP contribution in [-0.2, 0) is 17.4 Å². The number of amides is 1. The van der Waals surface area contributed by atoms with Gasteiger partial charge in [-0.2, -0.15) is 13.2 Å². The number of halogens is 3. The quantitative estimate of drug-likeness (QED) is 0.875. The maximum atomic E-state index is 12.6. The van der Waals surface area contributed by atoms with Gasteiger partial charge in [0, 0.05) is 6.04 Å². The van der Waals surface area contributed by atoms with Crippen molar-refractivity contribution in [3.63, 3.8) is 0 Å². The molecule has 0 spiro atoms. The van der Waals surface area contributed by atoms with Crippen LogP contribution in [0.3, 0.4) is 0 Å². The van der Waals surface area contributed by atoms with Crippen molar-refractivity contribution in [3.05, 3.63) is 35.4 Å². The number of aliphatic hydroxyl groups is 1. The maximum Gasteiger partial charge on any atom is 0.416 e. The Hall–Kier alpha value is -1.56. The van der Waals surface area contributed by atoms with Crippen LogP contribution in [0.4, 0.5) is 13.2 Å². The van der Waals surface area contributed by atoms with Crippen molar-refractivity contribution in [1.29, 1.82) is 0 Å². The first-order valence-electron chi connectivity index (χ1n) is 6.32. The van der Waals surface area contributed by atoms with Gasteiger partial charge in [0.05, 0.1) is 18.1 Å². The molecule has 0 aliphatic carbocycles. The zero-order valence-electron chi connectivity index (χ0n) is 11.4. The number of hydrogen-bond acceptors (Lipinski definition) is 2. The van der Waals surface area contributed by atoms with Gasteiger partial charge in [-0.1, -0.05) is 18.2 Å². The van der Waals surface area contributed by atoms with E-state index >= 15 is 0 Å². The van der Waals surface area contributed by atoms with Crippen LogP contribution < -0.4 is 5.32 Å². The molecule has 0 aromatic heterocycles. The van der Waals surface area contributed by atoms with Crippen LogP contribution in [0.2, 0.25) is 0 Å². The molecule has 20 heavy (non-hydrogen) atoms. The lowest BCUT2D eigenvalue weighted by atomic mass is 10.0. The van der Waals surface area contributed by atoms with Gasteiger partial charge in [-0.05, 0) is 31.9 Å². The fourth-order valence-electron chi connectivity index (χ4n) is 1.88. The second kappa shape index (κ2) is 6.74. The molecule has 1 aromatic carbocycles. The Morgan fingerprint density at radius 3 is 2.55 bits per heavy atom. The Bertz CT molecular complexity index is 458. The first-order chi connectivity index (χ1) is 9.18. The van der Waals surface area contributed by atoms with E-state index in [2.05, 4.69) is 5.32 Å². The first kappa shape index (κ1) is 16.5. The second-order valence-corrected chi connectivity index (χ2v) is 4.92. The molecule has 1 amide bonds. The molecule has 1 rings (SSSR count). The van der Waals surface area contributed by atoms with Crippen molar-refractivity contribution in [2.24, 2.45) is 0 Å². The van der Waals surface area contributed by atoms with Gasteiger partial charge in [0.1, 0.15) is 0 Å². The van der Waals surface area contributed by atoms with Crippen molar-refractivity contribution in [3.8, 4) is 0 Å². The fourth-order valence-corrected chi connectivity index (χ4v) is 1.88. The third-order valence-corrected chi connectivity index (χ3v) is 2.68. The normalized spacial score (nSPS) is 14.7. The average molecular weight is 289 g/mol. The predicted octanol–water partition coefficient (Wildman–Crippen LogP) is 2.52. The minimum Gasteiger partial charge on any atom is -0.393 e. The van der Waals surface area contributed by atoms with Gasteiger partial charge >= 0.3 is 6.18 Å². The molecular formula is C14H18F3NO2. The molecule has 112 valence electrons. The van der Waals surface area contributed by atoms with Crippen LogP contribution in [0, 0.1) is 0 Å². The summed E-state index contributed by atoms with van der Waals surface area (Å²) in [5.41, 5.74) is -0.192. The van der Waals surface area contributed by atoms with Gasteiger partial charge in [0.15, 0.2) is 0 Å². The molecule has 0 bridgehead atoms. The monoisotopic (exact) mass is 289 g/mol. The lowest BCUT2D eigenvalue weighted by Crippen LogP contribution is -2.35. The van der Waals surface area contributed by atoms with E-state index in [1.165, 1.54) is 13.0 Å². The van der Waals surface area contributed by atoms with E-state index < -0.39 is 17.8 Å². The van der Waals surface area contributed by atoms with E-state index in [0.29, 0.717) is 12.0 Å². The lowest BCUT2D eigenvalue weighted by Gasteiger charge is -2.15. The third kappa shape index (κ3) is 5.61. The van der Waals surface area contributed by atoms with Crippen LogP contribution in [0.1, 0.15) is 31.4 Å². The van der Waals surface area contributed by atoms with E-state index in [1.807, 2.05) is 0 Å². The Labute approximate surface area is 115 Å². The summed E-state index contributed by atoms with van der Waals surface area (Å²) in [4.78, 5) is 11.4. The van der Waals surface area contributed by atoms with E-state index in [0.717, 1.165) is 12.1 Å². The highest BCUT2D eigenvalue weighted by atomic mass is 19.4. The molecule has 2 atom stereocenters. The van der Waals surface area contributed by atoms with Gasteiger partial charge in [0.2, 0.25) is 5.91 Å². The molecule has 0 heterocycles. The van der Waals surface area contributed by atoms with Crippen LogP contribution in [0.15, 0.2) is 24.3 Å². The molecule has 1 aromatic rings. The SMILES string of the molecule is CC(O)CC(=O)NC(C)Cc1cccc(C(F)(F)F)c1. The Morgan fingerprint density at radius 2 is 2.00 bits per heavy atom. The fraction of sp³-hybridized carbons (Fsp3) is 0.500. The molecule has 0 saturated heterocycles. The highest BCUT2D eigenvalue weighted by molar-refractivity contribution is 5.76. The zero-order valence-corrected chi connectivity index (χ0v) is 11.4. The van der Waals surface area contributed by atoms with Gasteiger partial charge in [-0.25, -0.2) is 0 Å². The van der Waals surface area contributed by atoms with Gasteiger partial charge in [-0.15, -0.1) is 0 Å². The van der Waals surface area contributed by atoms with Crippen molar-refractivity contribution in [2.75, 3.05) is 0 Å². The van der Waals surface area contributed by atoms with Crippen molar-refractivity contribution in [2.45, 2.75) is 45.0 Å². The highest BCUT2D eigenvalue weighted by Crippen LogP contribution is 2.29. The number of carbonyl (C=O) groups excluding carboxylic acids is 1. The van der Waals surface area contributed by atoms with E-state index in [-0.39, 0.29) is 18.4 Å². The summed E-state index contributed by atoms with van der Waals surface area (Å²) in [6.45, 7) is 3.21. The van der Waals surface area contributed by atoms with Crippen LogP contribution in [0.25, 0.3) is 0 Å². The lowest BCUT2D eigenvalue weighted by molar-refractivity contribution is -0.137. The number of carbonyl (C=O) groups is 1. The van der Waals surface area contributed by atoms with E-state index in [9.17, 15) is 18.0 Å². The Kier molecular flexibility index (Phi) is 5.56. The minimum atomic E-state index is -4.37. The molecule has 2 unspecified atom stereocenters. The van der Waals surface area contributed by atoms with Gasteiger partial charge in [-0.3, -0.25) is 4.79 Å². The molecule has 3 nitrogen and oxygen atoms in total. The predicted molar refractivity (Wildman–Crippen MR) is 69.1 cm³/mol.